The summed E-state index contributed by atoms with van der Waals surface area (Å²) in [5, 5.41) is 2.77. The van der Waals surface area contributed by atoms with Crippen molar-refractivity contribution < 1.29 is 4.79 Å². The van der Waals surface area contributed by atoms with Gasteiger partial charge in [0.2, 0.25) is 0 Å². The van der Waals surface area contributed by atoms with Crippen LogP contribution in [0.3, 0.4) is 0 Å². The number of anilines is 2. The van der Waals surface area contributed by atoms with Crippen LogP contribution < -0.4 is 10.2 Å². The van der Waals surface area contributed by atoms with Crippen molar-refractivity contribution in [3.05, 3.63) is 48.5 Å². The minimum atomic E-state index is -0.334. The minimum absolute atomic E-state index is 0.259. The fraction of sp³-hybridized carbons (Fsp3) is 0.235. The monoisotopic (exact) mass is 320 g/mol. The van der Waals surface area contributed by atoms with Crippen LogP contribution in [0.5, 0.6) is 0 Å². The van der Waals surface area contributed by atoms with Gasteiger partial charge in [-0.3, -0.25) is 9.78 Å². The lowest BCUT2D eigenvalue weighted by Crippen LogP contribution is -2.20. The fourth-order valence-electron chi connectivity index (χ4n) is 2.78. The minimum Gasteiger partial charge on any atom is -0.356 e. The van der Waals surface area contributed by atoms with E-state index in [-0.39, 0.29) is 11.6 Å². The molecule has 0 spiro atoms. The van der Waals surface area contributed by atoms with Crippen molar-refractivity contribution in [1.82, 2.24) is 19.9 Å². The topological polar surface area (TPSA) is 83.9 Å². The van der Waals surface area contributed by atoms with Crippen LogP contribution in [0.15, 0.2) is 42.9 Å². The SMILES string of the molecule is O=C(Nc1cc(N2CCCC2)ncn1)c1cnc2ccccc2n1. The predicted octanol–water partition coefficient (Wildman–Crippen LogP) is 2.27. The molecule has 7 nitrogen and oxygen atoms in total. The third-order valence-electron chi connectivity index (χ3n) is 4.01. The van der Waals surface area contributed by atoms with Gasteiger partial charge in [0.15, 0.2) is 0 Å². The molecule has 120 valence electrons. The molecule has 0 saturated carbocycles. The van der Waals surface area contributed by atoms with Gasteiger partial charge in [-0.05, 0) is 25.0 Å². The summed E-state index contributed by atoms with van der Waals surface area (Å²) in [6.07, 6.45) is 5.27. The van der Waals surface area contributed by atoms with E-state index in [0.717, 1.165) is 24.4 Å². The average molecular weight is 320 g/mol. The molecule has 4 rings (SSSR count). The Bertz CT molecular complexity index is 891. The molecule has 3 heterocycles. The van der Waals surface area contributed by atoms with Gasteiger partial charge >= 0.3 is 0 Å². The van der Waals surface area contributed by atoms with E-state index >= 15 is 0 Å². The third kappa shape index (κ3) is 2.88. The van der Waals surface area contributed by atoms with Gasteiger partial charge < -0.3 is 10.2 Å². The molecule has 7 heteroatoms. The normalized spacial score (nSPS) is 14.1. The molecule has 1 amide bonds. The van der Waals surface area contributed by atoms with Gasteiger partial charge in [0.1, 0.15) is 23.7 Å². The number of para-hydroxylation sites is 2. The molecule has 1 saturated heterocycles. The molecule has 3 aromatic rings. The van der Waals surface area contributed by atoms with E-state index in [2.05, 4.69) is 30.2 Å². The highest BCUT2D eigenvalue weighted by molar-refractivity contribution is 6.03. The second-order valence-electron chi connectivity index (χ2n) is 5.65. The van der Waals surface area contributed by atoms with Crippen molar-refractivity contribution >= 4 is 28.6 Å². The van der Waals surface area contributed by atoms with Gasteiger partial charge in [-0.25, -0.2) is 15.0 Å². The van der Waals surface area contributed by atoms with E-state index in [9.17, 15) is 4.79 Å². The summed E-state index contributed by atoms with van der Waals surface area (Å²) < 4.78 is 0. The van der Waals surface area contributed by atoms with Gasteiger partial charge in [-0.2, -0.15) is 0 Å². The number of nitrogens with one attached hydrogen (secondary N) is 1. The van der Waals surface area contributed by atoms with Crippen molar-refractivity contribution in [3.63, 3.8) is 0 Å². The van der Waals surface area contributed by atoms with E-state index < -0.39 is 0 Å². The van der Waals surface area contributed by atoms with E-state index in [1.165, 1.54) is 25.4 Å². The number of hydrogen-bond acceptors (Lipinski definition) is 6. The molecule has 0 radical (unpaired) electrons. The van der Waals surface area contributed by atoms with Crippen molar-refractivity contribution in [2.45, 2.75) is 12.8 Å². The first-order chi connectivity index (χ1) is 11.8. The molecule has 1 fully saturated rings. The van der Waals surface area contributed by atoms with Gasteiger partial charge in [0.25, 0.3) is 5.91 Å². The van der Waals surface area contributed by atoms with E-state index in [1.54, 1.807) is 6.07 Å². The Morgan fingerprint density at radius 2 is 1.83 bits per heavy atom. The number of carbonyl (C=O) groups excluding carboxylic acids is 1. The van der Waals surface area contributed by atoms with Gasteiger partial charge in [0.05, 0.1) is 17.2 Å². The Hall–Kier alpha value is -3.09. The number of aromatic nitrogens is 4. The first-order valence-corrected chi connectivity index (χ1v) is 7.90. The third-order valence-corrected chi connectivity index (χ3v) is 4.01. The standard InChI is InChI=1S/C17H16N6O/c24-17(14-10-18-12-5-1-2-6-13(12)21-14)22-15-9-16(20-11-19-15)23-7-3-4-8-23/h1-2,5-6,9-11H,3-4,7-8H2,(H,19,20,22,24). The predicted molar refractivity (Wildman–Crippen MR) is 91.0 cm³/mol. The lowest BCUT2D eigenvalue weighted by atomic mass is 10.3. The fourth-order valence-corrected chi connectivity index (χ4v) is 2.78. The zero-order valence-corrected chi connectivity index (χ0v) is 13.0. The Labute approximate surface area is 138 Å². The molecule has 0 atom stereocenters. The Morgan fingerprint density at radius 3 is 2.67 bits per heavy atom. The van der Waals surface area contributed by atoms with Crippen LogP contribution in [0, 0.1) is 0 Å². The molecule has 1 N–H and O–H groups in total. The summed E-state index contributed by atoms with van der Waals surface area (Å²) in [5.41, 5.74) is 1.70. The maximum atomic E-state index is 12.4. The summed E-state index contributed by atoms with van der Waals surface area (Å²) in [7, 11) is 0. The molecule has 1 aromatic carbocycles. The van der Waals surface area contributed by atoms with Crippen LogP contribution in [0.25, 0.3) is 11.0 Å². The highest BCUT2D eigenvalue weighted by atomic mass is 16.1. The highest BCUT2D eigenvalue weighted by Gasteiger charge is 2.15. The van der Waals surface area contributed by atoms with Gasteiger partial charge in [-0.15, -0.1) is 0 Å². The van der Waals surface area contributed by atoms with Crippen molar-refractivity contribution in [1.29, 1.82) is 0 Å². The molecule has 0 bridgehead atoms. The summed E-state index contributed by atoms with van der Waals surface area (Å²) in [6, 6.07) is 9.23. The number of nitrogens with zero attached hydrogens (tertiary/aromatic N) is 5. The number of hydrogen-bond donors (Lipinski definition) is 1. The van der Waals surface area contributed by atoms with Crippen molar-refractivity contribution in [2.24, 2.45) is 0 Å². The number of rotatable bonds is 3. The highest BCUT2D eigenvalue weighted by Crippen LogP contribution is 2.19. The zero-order chi connectivity index (χ0) is 16.4. The van der Waals surface area contributed by atoms with Gasteiger partial charge in [-0.1, -0.05) is 12.1 Å². The maximum Gasteiger partial charge on any atom is 0.277 e. The van der Waals surface area contributed by atoms with Crippen molar-refractivity contribution in [2.75, 3.05) is 23.3 Å². The summed E-state index contributed by atoms with van der Waals surface area (Å²) in [5.74, 6) is 0.966. The molecular weight excluding hydrogens is 304 g/mol. The van der Waals surface area contributed by atoms with Crippen LogP contribution in [0.4, 0.5) is 11.6 Å². The molecular formula is C17H16N6O. The zero-order valence-electron chi connectivity index (χ0n) is 13.0. The lowest BCUT2D eigenvalue weighted by Gasteiger charge is -2.16. The maximum absolute atomic E-state index is 12.4. The van der Waals surface area contributed by atoms with Crippen LogP contribution in [0.1, 0.15) is 23.3 Å². The van der Waals surface area contributed by atoms with E-state index in [4.69, 9.17) is 0 Å². The van der Waals surface area contributed by atoms with Gasteiger partial charge in [0, 0.05) is 19.2 Å². The van der Waals surface area contributed by atoms with E-state index in [0.29, 0.717) is 11.3 Å². The molecule has 1 aliphatic heterocycles. The number of benzene rings is 1. The second-order valence-corrected chi connectivity index (χ2v) is 5.65. The Balaban J connectivity index is 1.55. The quantitative estimate of drug-likeness (QED) is 0.797. The molecule has 1 aliphatic rings. The average Bonchev–Trinajstić information content (AvgIpc) is 3.16. The number of fused-ring (bicyclic) bond motifs is 1. The lowest BCUT2D eigenvalue weighted by molar-refractivity contribution is 0.102. The van der Waals surface area contributed by atoms with Crippen LogP contribution in [-0.4, -0.2) is 38.9 Å². The first kappa shape index (κ1) is 14.5. The Kier molecular flexibility index (Phi) is 3.74. The second kappa shape index (κ2) is 6.19. The molecule has 0 aliphatic carbocycles. The van der Waals surface area contributed by atoms with Crippen LogP contribution in [-0.2, 0) is 0 Å². The number of carbonyl (C=O) groups is 1. The van der Waals surface area contributed by atoms with Crippen LogP contribution in [0.2, 0.25) is 0 Å². The molecule has 2 aromatic heterocycles. The summed E-state index contributed by atoms with van der Waals surface area (Å²) in [6.45, 7) is 1.97. The smallest absolute Gasteiger partial charge is 0.277 e. The largest absolute Gasteiger partial charge is 0.356 e. The molecule has 24 heavy (non-hydrogen) atoms. The van der Waals surface area contributed by atoms with E-state index in [1.807, 2.05) is 24.3 Å². The summed E-state index contributed by atoms with van der Waals surface area (Å²) >= 11 is 0. The van der Waals surface area contributed by atoms with Crippen molar-refractivity contribution in [3.8, 4) is 0 Å². The van der Waals surface area contributed by atoms with Crippen LogP contribution >= 0.6 is 0 Å². The molecule has 0 unspecified atom stereocenters. The summed E-state index contributed by atoms with van der Waals surface area (Å²) in [4.78, 5) is 31.6. The first-order valence-electron chi connectivity index (χ1n) is 7.90. The number of amides is 1. The Morgan fingerprint density at radius 1 is 1.04 bits per heavy atom.